The Balaban J connectivity index is 1.96. The molecule has 0 radical (unpaired) electrons. The lowest BCUT2D eigenvalue weighted by molar-refractivity contribution is 0.152. The molecule has 6 nitrogen and oxygen atoms in total. The van der Waals surface area contributed by atoms with Crippen molar-refractivity contribution in [2.45, 2.75) is 13.3 Å². The van der Waals surface area contributed by atoms with E-state index >= 15 is 0 Å². The van der Waals surface area contributed by atoms with Crippen LogP contribution >= 0.6 is 0 Å². The van der Waals surface area contributed by atoms with Crippen molar-refractivity contribution in [3.05, 3.63) is 24.0 Å². The Morgan fingerprint density at radius 1 is 1.25 bits per heavy atom. The Hall–Kier alpha value is -1.95. The molecule has 1 aliphatic heterocycles. The van der Waals surface area contributed by atoms with Crippen LogP contribution in [0.1, 0.15) is 12.0 Å². The number of aromatic nitrogens is 4. The van der Waals surface area contributed by atoms with Gasteiger partial charge in [-0.1, -0.05) is 0 Å². The first kappa shape index (κ1) is 13.1. The Morgan fingerprint density at radius 3 is 2.95 bits per heavy atom. The van der Waals surface area contributed by atoms with E-state index in [0.717, 1.165) is 55.6 Å². The van der Waals surface area contributed by atoms with Gasteiger partial charge < -0.3 is 9.64 Å². The monoisotopic (exact) mass is 273 g/mol. The van der Waals surface area contributed by atoms with Crippen LogP contribution in [0, 0.1) is 6.92 Å². The number of ether oxygens (including phenoxy) is 1. The van der Waals surface area contributed by atoms with Crippen LogP contribution in [0.5, 0.6) is 0 Å². The van der Waals surface area contributed by atoms with Crippen LogP contribution in [-0.4, -0.2) is 46.1 Å². The SMILES string of the molecule is Cc1cnc(N2CCCOCC2)nc1-c1ccnn1C. The van der Waals surface area contributed by atoms with Crippen molar-refractivity contribution in [1.29, 1.82) is 0 Å². The molecule has 2 aromatic heterocycles. The fourth-order valence-electron chi connectivity index (χ4n) is 2.40. The Labute approximate surface area is 118 Å². The van der Waals surface area contributed by atoms with Crippen LogP contribution in [-0.2, 0) is 11.8 Å². The van der Waals surface area contributed by atoms with Gasteiger partial charge in [0.15, 0.2) is 0 Å². The maximum atomic E-state index is 5.48. The minimum absolute atomic E-state index is 0.734. The molecule has 1 aliphatic rings. The van der Waals surface area contributed by atoms with Gasteiger partial charge in [-0.25, -0.2) is 9.97 Å². The van der Waals surface area contributed by atoms with E-state index in [0.29, 0.717) is 0 Å². The van der Waals surface area contributed by atoms with Crippen molar-refractivity contribution < 1.29 is 4.74 Å². The first-order valence-corrected chi connectivity index (χ1v) is 6.90. The molecular weight excluding hydrogens is 254 g/mol. The van der Waals surface area contributed by atoms with Crippen LogP contribution < -0.4 is 4.90 Å². The zero-order valence-electron chi connectivity index (χ0n) is 11.9. The van der Waals surface area contributed by atoms with Crippen molar-refractivity contribution in [2.75, 3.05) is 31.2 Å². The van der Waals surface area contributed by atoms with E-state index < -0.39 is 0 Å². The fourth-order valence-corrected chi connectivity index (χ4v) is 2.40. The maximum absolute atomic E-state index is 5.48. The number of nitrogens with zero attached hydrogens (tertiary/aromatic N) is 5. The second-order valence-corrected chi connectivity index (χ2v) is 4.99. The number of rotatable bonds is 2. The molecule has 0 spiro atoms. The van der Waals surface area contributed by atoms with Gasteiger partial charge in [0, 0.05) is 39.1 Å². The largest absolute Gasteiger partial charge is 0.380 e. The normalized spacial score (nSPS) is 16.2. The Kier molecular flexibility index (Phi) is 3.64. The number of aryl methyl sites for hydroxylation is 2. The lowest BCUT2D eigenvalue weighted by Crippen LogP contribution is -2.28. The smallest absolute Gasteiger partial charge is 0.226 e. The van der Waals surface area contributed by atoms with Gasteiger partial charge in [0.05, 0.1) is 18.0 Å². The van der Waals surface area contributed by atoms with E-state index in [4.69, 9.17) is 9.72 Å². The molecule has 0 unspecified atom stereocenters. The van der Waals surface area contributed by atoms with Crippen LogP contribution in [0.4, 0.5) is 5.95 Å². The molecular formula is C14H19N5O. The Bertz CT molecular complexity index is 587. The van der Waals surface area contributed by atoms with Gasteiger partial charge in [-0.15, -0.1) is 0 Å². The van der Waals surface area contributed by atoms with Gasteiger partial charge in [-0.05, 0) is 25.0 Å². The fraction of sp³-hybridized carbons (Fsp3) is 0.500. The first-order chi connectivity index (χ1) is 9.75. The standard InChI is InChI=1S/C14H19N5O/c1-11-10-15-14(19-6-3-8-20-9-7-19)17-13(11)12-4-5-16-18(12)2/h4-5,10H,3,6-9H2,1-2H3. The third-order valence-electron chi connectivity index (χ3n) is 3.53. The van der Waals surface area contributed by atoms with E-state index in [9.17, 15) is 0 Å². The summed E-state index contributed by atoms with van der Waals surface area (Å²) in [5, 5.41) is 4.21. The highest BCUT2D eigenvalue weighted by molar-refractivity contribution is 5.60. The van der Waals surface area contributed by atoms with Crippen molar-refractivity contribution in [1.82, 2.24) is 19.7 Å². The highest BCUT2D eigenvalue weighted by Gasteiger charge is 2.16. The molecule has 0 saturated carbocycles. The first-order valence-electron chi connectivity index (χ1n) is 6.90. The van der Waals surface area contributed by atoms with E-state index in [1.54, 1.807) is 6.20 Å². The average Bonchev–Trinajstić information content (AvgIpc) is 2.72. The summed E-state index contributed by atoms with van der Waals surface area (Å²) in [5.41, 5.74) is 3.01. The summed E-state index contributed by atoms with van der Waals surface area (Å²) in [6.45, 7) is 5.36. The lowest BCUT2D eigenvalue weighted by atomic mass is 10.2. The molecule has 0 aromatic carbocycles. The highest BCUT2D eigenvalue weighted by atomic mass is 16.5. The number of hydrogen-bond donors (Lipinski definition) is 0. The number of hydrogen-bond acceptors (Lipinski definition) is 5. The molecule has 0 N–H and O–H groups in total. The zero-order valence-corrected chi connectivity index (χ0v) is 11.9. The molecule has 0 amide bonds. The molecule has 0 aliphatic carbocycles. The summed E-state index contributed by atoms with van der Waals surface area (Å²) in [6, 6.07) is 1.98. The quantitative estimate of drug-likeness (QED) is 0.828. The van der Waals surface area contributed by atoms with Crippen molar-refractivity contribution in [3.8, 4) is 11.4 Å². The molecule has 6 heteroatoms. The average molecular weight is 273 g/mol. The van der Waals surface area contributed by atoms with Gasteiger partial charge in [0.25, 0.3) is 0 Å². The van der Waals surface area contributed by atoms with Crippen molar-refractivity contribution in [3.63, 3.8) is 0 Å². The van der Waals surface area contributed by atoms with E-state index in [1.165, 1.54) is 0 Å². The lowest BCUT2D eigenvalue weighted by Gasteiger charge is -2.20. The van der Waals surface area contributed by atoms with Gasteiger partial charge in [0.2, 0.25) is 5.95 Å². The van der Waals surface area contributed by atoms with Gasteiger partial charge in [-0.2, -0.15) is 5.10 Å². The molecule has 1 fully saturated rings. The van der Waals surface area contributed by atoms with Gasteiger partial charge >= 0.3 is 0 Å². The van der Waals surface area contributed by atoms with E-state index in [1.807, 2.05) is 30.9 Å². The number of anilines is 1. The van der Waals surface area contributed by atoms with Crippen LogP contribution in [0.15, 0.2) is 18.5 Å². The minimum atomic E-state index is 0.734. The summed E-state index contributed by atoms with van der Waals surface area (Å²) in [4.78, 5) is 11.4. The molecule has 20 heavy (non-hydrogen) atoms. The summed E-state index contributed by atoms with van der Waals surface area (Å²) < 4.78 is 7.32. The van der Waals surface area contributed by atoms with Crippen LogP contribution in [0.25, 0.3) is 11.4 Å². The predicted molar refractivity (Wildman–Crippen MR) is 76.6 cm³/mol. The molecule has 2 aromatic rings. The molecule has 1 saturated heterocycles. The van der Waals surface area contributed by atoms with Crippen molar-refractivity contribution >= 4 is 5.95 Å². The third kappa shape index (κ3) is 2.51. The third-order valence-corrected chi connectivity index (χ3v) is 3.53. The molecule has 3 rings (SSSR count). The summed E-state index contributed by atoms with van der Waals surface area (Å²) >= 11 is 0. The highest BCUT2D eigenvalue weighted by Crippen LogP contribution is 2.22. The minimum Gasteiger partial charge on any atom is -0.380 e. The van der Waals surface area contributed by atoms with Gasteiger partial charge in [-0.3, -0.25) is 4.68 Å². The summed E-state index contributed by atoms with van der Waals surface area (Å²) in [5.74, 6) is 0.775. The second-order valence-electron chi connectivity index (χ2n) is 4.99. The topological polar surface area (TPSA) is 56.1 Å². The predicted octanol–water partition coefficient (Wildman–Crippen LogP) is 1.41. The second kappa shape index (κ2) is 5.58. The van der Waals surface area contributed by atoms with Gasteiger partial charge in [0.1, 0.15) is 0 Å². The van der Waals surface area contributed by atoms with Crippen LogP contribution in [0.2, 0.25) is 0 Å². The summed E-state index contributed by atoms with van der Waals surface area (Å²) in [6.07, 6.45) is 4.69. The zero-order chi connectivity index (χ0) is 13.9. The molecule has 0 atom stereocenters. The Morgan fingerprint density at radius 2 is 2.15 bits per heavy atom. The molecule has 0 bridgehead atoms. The molecule has 3 heterocycles. The van der Waals surface area contributed by atoms with Crippen molar-refractivity contribution in [2.24, 2.45) is 7.05 Å². The van der Waals surface area contributed by atoms with Crippen LogP contribution in [0.3, 0.4) is 0 Å². The summed E-state index contributed by atoms with van der Waals surface area (Å²) in [7, 11) is 1.93. The maximum Gasteiger partial charge on any atom is 0.226 e. The molecule has 106 valence electrons. The van der Waals surface area contributed by atoms with E-state index in [-0.39, 0.29) is 0 Å². The van der Waals surface area contributed by atoms with E-state index in [2.05, 4.69) is 15.0 Å².